The van der Waals surface area contributed by atoms with Crippen LogP contribution in [0.2, 0.25) is 0 Å². The second kappa shape index (κ2) is 18.8. The molecule has 0 unspecified atom stereocenters. The molecule has 0 amide bonds. The van der Waals surface area contributed by atoms with Crippen LogP contribution in [0.15, 0.2) is 64.3 Å². The fraction of sp³-hybridized carbons (Fsp3) is 0.357. The Labute approximate surface area is 204 Å². The number of nitrogens with zero attached hydrogens (tertiary/aromatic N) is 2. The molecular weight excluding hydrogens is 431 g/mol. The van der Waals surface area contributed by atoms with Gasteiger partial charge in [0.25, 0.3) is 0 Å². The van der Waals surface area contributed by atoms with Gasteiger partial charge in [0.1, 0.15) is 17.2 Å². The molecule has 3 nitrogen and oxygen atoms in total. The van der Waals surface area contributed by atoms with Crippen molar-refractivity contribution in [3.63, 3.8) is 0 Å². The van der Waals surface area contributed by atoms with Gasteiger partial charge in [-0.15, -0.1) is 12.3 Å². The Balaban J connectivity index is 0.00000189. The molecule has 2 aromatic rings. The van der Waals surface area contributed by atoms with Gasteiger partial charge in [0.05, 0.1) is 6.61 Å². The van der Waals surface area contributed by atoms with Gasteiger partial charge in [-0.25, -0.2) is 14.4 Å². The van der Waals surface area contributed by atoms with E-state index >= 15 is 0 Å². The summed E-state index contributed by atoms with van der Waals surface area (Å²) in [6.45, 7) is 12.4. The van der Waals surface area contributed by atoms with Gasteiger partial charge >= 0.3 is 0 Å². The van der Waals surface area contributed by atoms with Crippen LogP contribution in [-0.2, 0) is 4.74 Å². The minimum Gasteiger partial charge on any atom is -0.381 e. The van der Waals surface area contributed by atoms with Crippen LogP contribution in [-0.4, -0.2) is 23.7 Å². The van der Waals surface area contributed by atoms with Crippen molar-refractivity contribution in [3.05, 3.63) is 77.0 Å². The first-order valence-corrected chi connectivity index (χ1v) is 12.0. The SMILES string of the molecule is C#CC/C=C(\C=C/COC)/C=C/c1c(C)ncnc1Sc1ccc(C)c(F)c1.CC.CCC. The van der Waals surface area contributed by atoms with Crippen LogP contribution in [0.1, 0.15) is 57.4 Å². The molecule has 5 heteroatoms. The molecule has 0 saturated heterocycles. The highest BCUT2D eigenvalue weighted by Gasteiger charge is 2.09. The Hall–Kier alpha value is -2.68. The maximum atomic E-state index is 13.9. The van der Waals surface area contributed by atoms with E-state index in [1.807, 2.05) is 57.2 Å². The molecule has 2 rings (SSSR count). The fourth-order valence-electron chi connectivity index (χ4n) is 2.31. The maximum Gasteiger partial charge on any atom is 0.127 e. The van der Waals surface area contributed by atoms with E-state index < -0.39 is 0 Å². The molecule has 1 aromatic carbocycles. The van der Waals surface area contributed by atoms with Crippen LogP contribution in [0.25, 0.3) is 6.08 Å². The van der Waals surface area contributed by atoms with Crippen molar-refractivity contribution in [2.24, 2.45) is 0 Å². The summed E-state index contributed by atoms with van der Waals surface area (Å²) in [4.78, 5) is 9.47. The summed E-state index contributed by atoms with van der Waals surface area (Å²) < 4.78 is 18.9. The van der Waals surface area contributed by atoms with Crippen LogP contribution >= 0.6 is 11.8 Å². The smallest absolute Gasteiger partial charge is 0.127 e. The summed E-state index contributed by atoms with van der Waals surface area (Å²) in [5, 5.41) is 0.768. The molecule has 0 aliphatic heterocycles. The molecule has 0 radical (unpaired) electrons. The Morgan fingerprint density at radius 1 is 1.18 bits per heavy atom. The Morgan fingerprint density at radius 2 is 1.88 bits per heavy atom. The van der Waals surface area contributed by atoms with E-state index in [9.17, 15) is 4.39 Å². The molecule has 178 valence electrons. The molecule has 0 spiro atoms. The van der Waals surface area contributed by atoms with Crippen LogP contribution in [0, 0.1) is 32.0 Å². The van der Waals surface area contributed by atoms with E-state index in [0.717, 1.165) is 26.8 Å². The average Bonchev–Trinajstić information content (AvgIpc) is 2.81. The quantitative estimate of drug-likeness (QED) is 0.223. The lowest BCUT2D eigenvalue weighted by atomic mass is 10.1. The minimum absolute atomic E-state index is 0.226. The Bertz CT molecular complexity index is 959. The van der Waals surface area contributed by atoms with Crippen molar-refractivity contribution in [3.8, 4) is 12.3 Å². The van der Waals surface area contributed by atoms with E-state index in [-0.39, 0.29) is 5.82 Å². The van der Waals surface area contributed by atoms with Crippen molar-refractivity contribution < 1.29 is 9.13 Å². The molecule has 0 atom stereocenters. The molecule has 0 aliphatic carbocycles. The molecule has 33 heavy (non-hydrogen) atoms. The lowest BCUT2D eigenvalue weighted by Gasteiger charge is -2.08. The van der Waals surface area contributed by atoms with Crippen LogP contribution in [0.5, 0.6) is 0 Å². The first-order valence-electron chi connectivity index (χ1n) is 11.2. The molecule has 0 fully saturated rings. The Morgan fingerprint density at radius 3 is 2.48 bits per heavy atom. The predicted octanol–water partition coefficient (Wildman–Crippen LogP) is 7.99. The molecule has 0 saturated carbocycles. The van der Waals surface area contributed by atoms with Gasteiger partial charge in [-0.3, -0.25) is 0 Å². The maximum absolute atomic E-state index is 13.9. The lowest BCUT2D eigenvalue weighted by molar-refractivity contribution is 0.234. The molecule has 1 heterocycles. The number of aryl methyl sites for hydroxylation is 2. The first kappa shape index (κ1) is 30.3. The van der Waals surface area contributed by atoms with E-state index in [1.54, 1.807) is 20.1 Å². The standard InChI is InChI=1S/C23H23FN2OS.C3H8.C2H6/c1-5-6-8-19(9-7-14-27-4)11-13-21-18(3)25-16-26-23(21)28-20-12-10-17(2)22(24)15-20;1-3-2;1-2/h1,7-13,15-16H,6,14H2,2-4H3;3H2,1-2H3;1-2H3/b9-7-,13-11+,19-8+;;. The second-order valence-electron chi connectivity index (χ2n) is 6.70. The normalized spacial score (nSPS) is 10.9. The van der Waals surface area contributed by atoms with Crippen molar-refractivity contribution in [1.29, 1.82) is 0 Å². The number of benzene rings is 1. The number of halogens is 1. The highest BCUT2D eigenvalue weighted by Crippen LogP contribution is 2.31. The van der Waals surface area contributed by atoms with Gasteiger partial charge in [-0.2, -0.15) is 0 Å². The summed E-state index contributed by atoms with van der Waals surface area (Å²) >= 11 is 1.41. The zero-order valence-electron chi connectivity index (χ0n) is 21.0. The van der Waals surface area contributed by atoms with Gasteiger partial charge in [0.15, 0.2) is 0 Å². The highest BCUT2D eigenvalue weighted by molar-refractivity contribution is 7.99. The lowest BCUT2D eigenvalue weighted by Crippen LogP contribution is -1.94. The topological polar surface area (TPSA) is 35.0 Å². The number of hydrogen-bond donors (Lipinski definition) is 0. The third kappa shape index (κ3) is 12.2. The van der Waals surface area contributed by atoms with E-state index in [1.165, 1.54) is 30.6 Å². The molecular formula is C28H37FN2OS. The molecule has 0 bridgehead atoms. The van der Waals surface area contributed by atoms with Crippen molar-refractivity contribution in [2.75, 3.05) is 13.7 Å². The zero-order valence-corrected chi connectivity index (χ0v) is 21.8. The summed E-state index contributed by atoms with van der Waals surface area (Å²) in [5.41, 5.74) is 3.32. The average molecular weight is 469 g/mol. The van der Waals surface area contributed by atoms with Gasteiger partial charge in [0.2, 0.25) is 0 Å². The fourth-order valence-corrected chi connectivity index (χ4v) is 3.26. The summed E-state index contributed by atoms with van der Waals surface area (Å²) in [5.74, 6) is 2.39. The zero-order chi connectivity index (χ0) is 25.1. The number of allylic oxidation sites excluding steroid dienone is 4. The van der Waals surface area contributed by atoms with Gasteiger partial charge < -0.3 is 4.74 Å². The number of ether oxygens (including phenoxy) is 1. The van der Waals surface area contributed by atoms with Crippen molar-refractivity contribution in [1.82, 2.24) is 9.97 Å². The monoisotopic (exact) mass is 468 g/mol. The number of aromatic nitrogens is 2. The number of rotatable bonds is 8. The van der Waals surface area contributed by atoms with Gasteiger partial charge in [-0.1, -0.05) is 76.2 Å². The van der Waals surface area contributed by atoms with Crippen molar-refractivity contribution in [2.45, 2.75) is 64.3 Å². The first-order chi connectivity index (χ1) is 16.0. The highest BCUT2D eigenvalue weighted by atomic mass is 32.2. The second-order valence-corrected chi connectivity index (χ2v) is 7.76. The van der Waals surface area contributed by atoms with E-state index in [2.05, 4.69) is 29.7 Å². The van der Waals surface area contributed by atoms with Crippen LogP contribution in [0.3, 0.4) is 0 Å². The number of hydrogen-bond acceptors (Lipinski definition) is 4. The largest absolute Gasteiger partial charge is 0.381 e. The molecule has 1 aromatic heterocycles. The third-order valence-electron chi connectivity index (χ3n) is 3.88. The number of terminal acetylenes is 1. The Kier molecular flexibility index (Phi) is 17.3. The van der Waals surface area contributed by atoms with Gasteiger partial charge in [-0.05, 0) is 43.2 Å². The summed E-state index contributed by atoms with van der Waals surface area (Å²) in [7, 11) is 1.65. The summed E-state index contributed by atoms with van der Waals surface area (Å²) in [6, 6.07) is 5.18. The minimum atomic E-state index is -0.226. The van der Waals surface area contributed by atoms with E-state index in [4.69, 9.17) is 11.2 Å². The van der Waals surface area contributed by atoms with Crippen LogP contribution in [0.4, 0.5) is 4.39 Å². The summed E-state index contributed by atoms with van der Waals surface area (Å²) in [6.07, 6.45) is 18.4. The third-order valence-corrected chi connectivity index (χ3v) is 4.88. The predicted molar refractivity (Wildman–Crippen MR) is 141 cm³/mol. The van der Waals surface area contributed by atoms with Gasteiger partial charge in [0, 0.05) is 29.7 Å². The molecule has 0 N–H and O–H groups in total. The van der Waals surface area contributed by atoms with Crippen LogP contribution < -0.4 is 0 Å². The molecule has 0 aliphatic rings. The van der Waals surface area contributed by atoms with Crippen molar-refractivity contribution >= 4 is 17.8 Å². The van der Waals surface area contributed by atoms with E-state index in [0.29, 0.717) is 18.6 Å². The number of methoxy groups -OCH3 is 1.